The molecule has 1 aromatic carbocycles. The number of anilines is 1. The van der Waals surface area contributed by atoms with Crippen molar-refractivity contribution in [3.8, 4) is 0 Å². The van der Waals surface area contributed by atoms with Gasteiger partial charge in [0.1, 0.15) is 0 Å². The minimum atomic E-state index is -3.76. The number of carbonyl (C=O) groups is 1. The van der Waals surface area contributed by atoms with E-state index in [4.69, 9.17) is 5.14 Å². The highest BCUT2D eigenvalue weighted by molar-refractivity contribution is 7.89. The summed E-state index contributed by atoms with van der Waals surface area (Å²) in [4.78, 5) is 12.0. The van der Waals surface area contributed by atoms with Gasteiger partial charge in [0.05, 0.1) is 10.9 Å². The van der Waals surface area contributed by atoms with Gasteiger partial charge in [-0.05, 0) is 37.1 Å². The van der Waals surface area contributed by atoms with Gasteiger partial charge >= 0.3 is 0 Å². The normalized spacial score (nSPS) is 23.3. The molecule has 0 radical (unpaired) electrons. The van der Waals surface area contributed by atoms with E-state index >= 15 is 0 Å². The first kappa shape index (κ1) is 14.0. The summed E-state index contributed by atoms with van der Waals surface area (Å²) in [6.45, 7) is 2.82. The van der Waals surface area contributed by atoms with Gasteiger partial charge in [0.15, 0.2) is 0 Å². The van der Waals surface area contributed by atoms with Crippen LogP contribution in [0.2, 0.25) is 0 Å². The molecule has 1 heterocycles. The second-order valence-electron chi connectivity index (χ2n) is 4.76. The van der Waals surface area contributed by atoms with Crippen LogP contribution < -0.4 is 15.8 Å². The van der Waals surface area contributed by atoms with E-state index in [1.165, 1.54) is 12.1 Å². The SMILES string of the molecule is CC1CCNC1C(=O)Nc1cccc(S(N)(=O)=O)c1. The molecule has 19 heavy (non-hydrogen) atoms. The number of nitrogens with one attached hydrogen (secondary N) is 2. The van der Waals surface area contributed by atoms with Crippen LogP contribution in [0.15, 0.2) is 29.2 Å². The molecule has 1 aliphatic heterocycles. The van der Waals surface area contributed by atoms with Gasteiger partial charge in [0.25, 0.3) is 0 Å². The highest BCUT2D eigenvalue weighted by Crippen LogP contribution is 2.18. The number of hydrogen-bond acceptors (Lipinski definition) is 4. The largest absolute Gasteiger partial charge is 0.325 e. The fraction of sp³-hybridized carbons (Fsp3) is 0.417. The quantitative estimate of drug-likeness (QED) is 0.741. The molecule has 0 bridgehead atoms. The van der Waals surface area contributed by atoms with Crippen LogP contribution in [-0.4, -0.2) is 26.9 Å². The number of primary sulfonamides is 1. The van der Waals surface area contributed by atoms with Gasteiger partial charge in [0, 0.05) is 5.69 Å². The van der Waals surface area contributed by atoms with Gasteiger partial charge in [-0.3, -0.25) is 4.79 Å². The number of benzene rings is 1. The Kier molecular flexibility index (Phi) is 3.88. The van der Waals surface area contributed by atoms with Crippen molar-refractivity contribution in [3.05, 3.63) is 24.3 Å². The van der Waals surface area contributed by atoms with Crippen molar-refractivity contribution in [2.45, 2.75) is 24.3 Å². The minimum Gasteiger partial charge on any atom is -0.325 e. The maximum absolute atomic E-state index is 12.0. The molecule has 0 spiro atoms. The molecule has 6 nitrogen and oxygen atoms in total. The van der Waals surface area contributed by atoms with Crippen molar-refractivity contribution < 1.29 is 13.2 Å². The Balaban J connectivity index is 2.13. The van der Waals surface area contributed by atoms with E-state index in [-0.39, 0.29) is 22.8 Å². The van der Waals surface area contributed by atoms with Crippen molar-refractivity contribution in [2.75, 3.05) is 11.9 Å². The lowest BCUT2D eigenvalue weighted by atomic mass is 10.0. The first-order chi connectivity index (χ1) is 8.88. The fourth-order valence-electron chi connectivity index (χ4n) is 2.16. The predicted molar refractivity (Wildman–Crippen MR) is 72.0 cm³/mol. The average Bonchev–Trinajstić information content (AvgIpc) is 2.75. The molecule has 1 aliphatic rings. The van der Waals surface area contributed by atoms with Crippen molar-refractivity contribution in [1.82, 2.24) is 5.32 Å². The summed E-state index contributed by atoms with van der Waals surface area (Å²) < 4.78 is 22.5. The highest BCUT2D eigenvalue weighted by atomic mass is 32.2. The molecule has 104 valence electrons. The van der Waals surface area contributed by atoms with Gasteiger partial charge in [-0.25, -0.2) is 13.6 Å². The molecule has 7 heteroatoms. The van der Waals surface area contributed by atoms with E-state index in [9.17, 15) is 13.2 Å². The lowest BCUT2D eigenvalue weighted by Gasteiger charge is -2.15. The molecule has 0 aliphatic carbocycles. The van der Waals surface area contributed by atoms with Gasteiger partial charge in [-0.15, -0.1) is 0 Å². The summed E-state index contributed by atoms with van der Waals surface area (Å²) in [6, 6.07) is 5.68. The maximum atomic E-state index is 12.0. The van der Waals surface area contributed by atoms with E-state index in [0.29, 0.717) is 5.69 Å². The Morgan fingerprint density at radius 1 is 1.47 bits per heavy atom. The van der Waals surface area contributed by atoms with Gasteiger partial charge in [-0.2, -0.15) is 0 Å². The average molecular weight is 283 g/mol. The summed E-state index contributed by atoms with van der Waals surface area (Å²) in [6.07, 6.45) is 0.954. The molecular formula is C12H17N3O3S. The monoisotopic (exact) mass is 283 g/mol. The van der Waals surface area contributed by atoms with Crippen LogP contribution in [-0.2, 0) is 14.8 Å². The zero-order valence-corrected chi connectivity index (χ0v) is 11.4. The summed E-state index contributed by atoms with van der Waals surface area (Å²) in [5, 5.41) is 10.9. The summed E-state index contributed by atoms with van der Waals surface area (Å²) in [7, 11) is -3.76. The van der Waals surface area contributed by atoms with Crippen LogP contribution in [0.5, 0.6) is 0 Å². The molecule has 2 unspecified atom stereocenters. The second kappa shape index (κ2) is 5.28. The number of nitrogens with two attached hydrogens (primary N) is 1. The minimum absolute atomic E-state index is 0.0160. The first-order valence-electron chi connectivity index (χ1n) is 6.05. The lowest BCUT2D eigenvalue weighted by Crippen LogP contribution is -2.39. The van der Waals surface area contributed by atoms with Crippen LogP contribution >= 0.6 is 0 Å². The lowest BCUT2D eigenvalue weighted by molar-refractivity contribution is -0.118. The molecule has 0 saturated carbocycles. The number of amides is 1. The van der Waals surface area contributed by atoms with Crippen molar-refractivity contribution in [1.29, 1.82) is 0 Å². The predicted octanol–water partition coefficient (Wildman–Crippen LogP) is 0.271. The smallest absolute Gasteiger partial charge is 0.241 e. The van der Waals surface area contributed by atoms with E-state index in [2.05, 4.69) is 10.6 Å². The van der Waals surface area contributed by atoms with E-state index < -0.39 is 10.0 Å². The molecule has 0 aromatic heterocycles. The highest BCUT2D eigenvalue weighted by Gasteiger charge is 2.29. The first-order valence-corrected chi connectivity index (χ1v) is 7.59. The number of hydrogen-bond donors (Lipinski definition) is 3. The molecule has 1 fully saturated rings. The Labute approximate surface area is 112 Å². The Hall–Kier alpha value is -1.44. The Morgan fingerprint density at radius 2 is 2.21 bits per heavy atom. The van der Waals surface area contributed by atoms with Gasteiger partial charge in [-0.1, -0.05) is 13.0 Å². The zero-order valence-electron chi connectivity index (χ0n) is 10.6. The molecule has 1 aromatic rings. The standard InChI is InChI=1S/C12H17N3O3S/c1-8-5-6-14-11(8)12(16)15-9-3-2-4-10(7-9)19(13,17)18/h2-4,7-8,11,14H,5-6H2,1H3,(H,15,16)(H2,13,17,18). The van der Waals surface area contributed by atoms with Gasteiger partial charge < -0.3 is 10.6 Å². The van der Waals surface area contributed by atoms with Crippen molar-refractivity contribution in [3.63, 3.8) is 0 Å². The third-order valence-electron chi connectivity index (χ3n) is 3.25. The molecule has 1 saturated heterocycles. The second-order valence-corrected chi connectivity index (χ2v) is 6.32. The maximum Gasteiger partial charge on any atom is 0.241 e. The summed E-state index contributed by atoms with van der Waals surface area (Å²) in [5.74, 6) is 0.109. The zero-order chi connectivity index (χ0) is 14.0. The molecular weight excluding hydrogens is 266 g/mol. The van der Waals surface area contributed by atoms with Crippen molar-refractivity contribution >= 4 is 21.6 Å². The van der Waals surface area contributed by atoms with E-state index in [1.807, 2.05) is 6.92 Å². The molecule has 2 rings (SSSR count). The third-order valence-corrected chi connectivity index (χ3v) is 4.16. The van der Waals surface area contributed by atoms with Crippen LogP contribution in [0.3, 0.4) is 0 Å². The summed E-state index contributed by atoms with van der Waals surface area (Å²) in [5.41, 5.74) is 0.428. The van der Waals surface area contributed by atoms with Crippen molar-refractivity contribution in [2.24, 2.45) is 11.1 Å². The summed E-state index contributed by atoms with van der Waals surface area (Å²) >= 11 is 0. The van der Waals surface area contributed by atoms with Crippen LogP contribution in [0.25, 0.3) is 0 Å². The van der Waals surface area contributed by atoms with Crippen LogP contribution in [0.1, 0.15) is 13.3 Å². The van der Waals surface area contributed by atoms with E-state index in [0.717, 1.165) is 13.0 Å². The number of carbonyl (C=O) groups excluding carboxylic acids is 1. The molecule has 4 N–H and O–H groups in total. The fourth-order valence-corrected chi connectivity index (χ4v) is 2.72. The van der Waals surface area contributed by atoms with Gasteiger partial charge in [0.2, 0.25) is 15.9 Å². The Morgan fingerprint density at radius 3 is 2.79 bits per heavy atom. The third kappa shape index (κ3) is 3.31. The van der Waals surface area contributed by atoms with E-state index in [1.54, 1.807) is 12.1 Å². The number of sulfonamides is 1. The molecule has 2 atom stereocenters. The number of rotatable bonds is 3. The van der Waals surface area contributed by atoms with Crippen LogP contribution in [0, 0.1) is 5.92 Å². The Bertz CT molecular complexity index is 586. The topological polar surface area (TPSA) is 101 Å². The van der Waals surface area contributed by atoms with Crippen LogP contribution in [0.4, 0.5) is 5.69 Å². The molecule has 1 amide bonds.